The molecule has 0 aromatic carbocycles. The minimum Gasteiger partial charge on any atom is -0.462 e. The molecule has 0 aliphatic heterocycles. The third-order valence-corrected chi connectivity index (χ3v) is 3.73. The Labute approximate surface area is 117 Å². The largest absolute Gasteiger partial charge is 0.462 e. The molecule has 0 bridgehead atoms. The average Bonchev–Trinajstić information content (AvgIpc) is 2.67. The van der Waals surface area contributed by atoms with Crippen LogP contribution in [-0.2, 0) is 4.74 Å². The van der Waals surface area contributed by atoms with E-state index in [1.165, 1.54) is 18.3 Å². The average molecular weight is 281 g/mol. The highest BCUT2D eigenvalue weighted by Crippen LogP contribution is 2.34. The van der Waals surface area contributed by atoms with E-state index in [0.29, 0.717) is 27.6 Å². The molecule has 1 aromatic rings. The Morgan fingerprint density at radius 2 is 2.05 bits per heavy atom. The summed E-state index contributed by atoms with van der Waals surface area (Å²) in [4.78, 5) is 24.0. The van der Waals surface area contributed by atoms with Crippen molar-refractivity contribution >= 4 is 28.1 Å². The van der Waals surface area contributed by atoms with Gasteiger partial charge >= 0.3 is 5.97 Å². The lowest BCUT2D eigenvalue weighted by Gasteiger charge is -2.01. The van der Waals surface area contributed by atoms with Crippen molar-refractivity contribution in [3.63, 3.8) is 0 Å². The number of ether oxygens (including phenoxy) is 1. The summed E-state index contributed by atoms with van der Waals surface area (Å²) >= 11 is 1.26. The number of nitrogens with one attached hydrogen (secondary N) is 1. The molecule has 0 radical (unpaired) electrons. The summed E-state index contributed by atoms with van der Waals surface area (Å²) in [5, 5.41) is 3.76. The number of esters is 1. The van der Waals surface area contributed by atoms with Gasteiger partial charge in [-0.15, -0.1) is 11.3 Å². The number of carbonyl (C=O) groups excluding carboxylic acids is 2. The van der Waals surface area contributed by atoms with Gasteiger partial charge in [0, 0.05) is 0 Å². The minimum absolute atomic E-state index is 0.0586. The van der Waals surface area contributed by atoms with E-state index in [1.54, 1.807) is 20.0 Å². The molecule has 4 nitrogen and oxygen atoms in total. The number of Topliss-reactive ketones (excluding diaryl/α,β-unsaturated/α-hetero) is 1. The molecular weight excluding hydrogens is 262 g/mol. The maximum absolute atomic E-state index is 11.8. The summed E-state index contributed by atoms with van der Waals surface area (Å²) in [6.07, 6.45) is 4.63. The van der Waals surface area contributed by atoms with E-state index in [9.17, 15) is 9.59 Å². The van der Waals surface area contributed by atoms with Crippen molar-refractivity contribution in [2.45, 2.75) is 34.1 Å². The van der Waals surface area contributed by atoms with Gasteiger partial charge in [0.15, 0.2) is 5.78 Å². The molecule has 0 unspecified atom stereocenters. The van der Waals surface area contributed by atoms with Gasteiger partial charge in [0.2, 0.25) is 0 Å². The van der Waals surface area contributed by atoms with Crippen LogP contribution in [0.5, 0.6) is 0 Å². The normalized spacial score (nSPS) is 10.7. The summed E-state index contributed by atoms with van der Waals surface area (Å²) in [6, 6.07) is 0. The Morgan fingerprint density at radius 1 is 1.37 bits per heavy atom. The standard InChI is InChI=1S/C14H19NO3S/c1-5-7-8-15-13-11(10(4)16)9(3)12(19-13)14(17)18-6-2/h7-8,15H,5-6H2,1-4H3/b8-7+. The Hall–Kier alpha value is -1.62. The molecule has 19 heavy (non-hydrogen) atoms. The Bertz CT molecular complexity index is 503. The van der Waals surface area contributed by atoms with Crippen molar-refractivity contribution in [2.24, 2.45) is 0 Å². The maximum Gasteiger partial charge on any atom is 0.348 e. The number of thiophene rings is 1. The van der Waals surface area contributed by atoms with Crippen LogP contribution < -0.4 is 5.32 Å². The van der Waals surface area contributed by atoms with Gasteiger partial charge in [0.25, 0.3) is 0 Å². The monoisotopic (exact) mass is 281 g/mol. The second-order valence-corrected chi connectivity index (χ2v) is 5.01. The van der Waals surface area contributed by atoms with Crippen LogP contribution >= 0.6 is 11.3 Å². The smallest absolute Gasteiger partial charge is 0.348 e. The molecule has 1 aromatic heterocycles. The predicted molar refractivity (Wildman–Crippen MR) is 78.1 cm³/mol. The molecule has 0 atom stereocenters. The highest BCUT2D eigenvalue weighted by molar-refractivity contribution is 7.18. The van der Waals surface area contributed by atoms with Crippen LogP contribution in [0, 0.1) is 6.92 Å². The highest BCUT2D eigenvalue weighted by atomic mass is 32.1. The van der Waals surface area contributed by atoms with Gasteiger partial charge in [-0.3, -0.25) is 4.79 Å². The molecule has 0 aliphatic rings. The first-order valence-electron chi connectivity index (χ1n) is 6.25. The quantitative estimate of drug-likeness (QED) is 0.637. The summed E-state index contributed by atoms with van der Waals surface area (Å²) < 4.78 is 5.00. The zero-order valence-electron chi connectivity index (χ0n) is 11.7. The summed E-state index contributed by atoms with van der Waals surface area (Å²) in [6.45, 7) is 7.38. The fraction of sp³-hybridized carbons (Fsp3) is 0.429. The predicted octanol–water partition coefficient (Wildman–Crippen LogP) is 3.77. The number of anilines is 1. The lowest BCUT2D eigenvalue weighted by atomic mass is 10.1. The third-order valence-electron chi connectivity index (χ3n) is 2.53. The molecular formula is C14H19NO3S. The molecule has 1 heterocycles. The van der Waals surface area contributed by atoms with Crippen LogP contribution in [-0.4, -0.2) is 18.4 Å². The number of hydrogen-bond acceptors (Lipinski definition) is 5. The molecule has 104 valence electrons. The van der Waals surface area contributed by atoms with Crippen molar-refractivity contribution in [3.8, 4) is 0 Å². The lowest BCUT2D eigenvalue weighted by molar-refractivity contribution is 0.0531. The first kappa shape index (κ1) is 15.4. The molecule has 0 fully saturated rings. The SMILES string of the molecule is CC/C=C/Nc1sc(C(=O)OCC)c(C)c1C(C)=O. The van der Waals surface area contributed by atoms with Gasteiger partial charge in [-0.25, -0.2) is 4.79 Å². The molecule has 0 aliphatic carbocycles. The topological polar surface area (TPSA) is 55.4 Å². The summed E-state index contributed by atoms with van der Waals surface area (Å²) in [5.41, 5.74) is 1.25. The maximum atomic E-state index is 11.8. The number of carbonyl (C=O) groups is 2. The van der Waals surface area contributed by atoms with Crippen LogP contribution in [0.15, 0.2) is 12.3 Å². The zero-order valence-corrected chi connectivity index (χ0v) is 12.5. The van der Waals surface area contributed by atoms with Crippen LogP contribution in [0.2, 0.25) is 0 Å². The molecule has 0 saturated carbocycles. The highest BCUT2D eigenvalue weighted by Gasteiger charge is 2.22. The summed E-state index contributed by atoms with van der Waals surface area (Å²) in [7, 11) is 0. The summed E-state index contributed by atoms with van der Waals surface area (Å²) in [5.74, 6) is -0.434. The fourth-order valence-corrected chi connectivity index (χ4v) is 2.81. The zero-order chi connectivity index (χ0) is 14.4. The van der Waals surface area contributed by atoms with Crippen LogP contribution in [0.3, 0.4) is 0 Å². The van der Waals surface area contributed by atoms with E-state index in [1.807, 2.05) is 13.0 Å². The Kier molecular flexibility index (Phi) is 5.76. The van der Waals surface area contributed by atoms with E-state index in [-0.39, 0.29) is 11.8 Å². The Balaban J connectivity index is 3.15. The first-order valence-corrected chi connectivity index (χ1v) is 7.07. The van der Waals surface area contributed by atoms with E-state index < -0.39 is 0 Å². The third kappa shape index (κ3) is 3.67. The number of ketones is 1. The first-order chi connectivity index (χ1) is 9.02. The Morgan fingerprint density at radius 3 is 2.58 bits per heavy atom. The van der Waals surface area contributed by atoms with Gasteiger partial charge in [0.05, 0.1) is 12.2 Å². The van der Waals surface area contributed by atoms with Gasteiger partial charge in [0.1, 0.15) is 9.88 Å². The molecule has 0 spiro atoms. The van der Waals surface area contributed by atoms with Crippen molar-refractivity contribution < 1.29 is 14.3 Å². The van der Waals surface area contributed by atoms with Gasteiger partial charge < -0.3 is 10.1 Å². The molecule has 0 amide bonds. The van der Waals surface area contributed by atoms with E-state index in [4.69, 9.17) is 4.74 Å². The molecule has 1 rings (SSSR count). The van der Waals surface area contributed by atoms with Gasteiger partial charge in [-0.05, 0) is 39.0 Å². The number of allylic oxidation sites excluding steroid dienone is 1. The van der Waals surface area contributed by atoms with Gasteiger partial charge in [-0.1, -0.05) is 13.0 Å². The minimum atomic E-state index is -0.375. The van der Waals surface area contributed by atoms with E-state index in [0.717, 1.165) is 6.42 Å². The second kappa shape index (κ2) is 7.09. The lowest BCUT2D eigenvalue weighted by Crippen LogP contribution is -2.05. The van der Waals surface area contributed by atoms with Gasteiger partial charge in [-0.2, -0.15) is 0 Å². The van der Waals surface area contributed by atoms with Crippen LogP contribution in [0.4, 0.5) is 5.00 Å². The van der Waals surface area contributed by atoms with Crippen molar-refractivity contribution in [1.82, 2.24) is 0 Å². The number of hydrogen-bond donors (Lipinski definition) is 1. The number of rotatable bonds is 6. The van der Waals surface area contributed by atoms with Crippen molar-refractivity contribution in [2.75, 3.05) is 11.9 Å². The van der Waals surface area contributed by atoms with E-state index >= 15 is 0 Å². The van der Waals surface area contributed by atoms with Crippen LogP contribution in [0.1, 0.15) is 52.8 Å². The van der Waals surface area contributed by atoms with Crippen molar-refractivity contribution in [3.05, 3.63) is 28.3 Å². The second-order valence-electron chi connectivity index (χ2n) is 3.99. The molecule has 1 N–H and O–H groups in total. The fourth-order valence-electron chi connectivity index (χ4n) is 1.68. The molecule has 0 saturated heterocycles. The molecule has 5 heteroatoms. The van der Waals surface area contributed by atoms with E-state index in [2.05, 4.69) is 5.32 Å². The van der Waals surface area contributed by atoms with Crippen LogP contribution in [0.25, 0.3) is 0 Å². The van der Waals surface area contributed by atoms with Crippen molar-refractivity contribution in [1.29, 1.82) is 0 Å².